The van der Waals surface area contributed by atoms with Gasteiger partial charge in [-0.1, -0.05) is 6.92 Å². The van der Waals surface area contributed by atoms with Crippen molar-refractivity contribution in [1.29, 1.82) is 0 Å². The predicted molar refractivity (Wildman–Crippen MR) is 100 cm³/mol. The molecular weight excluding hydrogens is 363 g/mol. The Bertz CT molecular complexity index is 1000. The highest BCUT2D eigenvalue weighted by atomic mass is 19.1. The van der Waals surface area contributed by atoms with Crippen LogP contribution in [0, 0.1) is 12.7 Å². The molecule has 0 saturated heterocycles. The molecule has 0 unspecified atom stereocenters. The Morgan fingerprint density at radius 1 is 1.32 bits per heavy atom. The van der Waals surface area contributed by atoms with Crippen LogP contribution in [0.3, 0.4) is 0 Å². The zero-order chi connectivity index (χ0) is 20.3. The average molecular weight is 384 g/mol. The molecule has 1 aromatic carbocycles. The van der Waals surface area contributed by atoms with Crippen LogP contribution in [0.25, 0.3) is 16.9 Å². The first-order valence-corrected chi connectivity index (χ1v) is 8.89. The molecule has 146 valence electrons. The van der Waals surface area contributed by atoms with Gasteiger partial charge in [-0.05, 0) is 54.1 Å². The van der Waals surface area contributed by atoms with Crippen LogP contribution in [0.1, 0.15) is 35.6 Å². The van der Waals surface area contributed by atoms with Crippen molar-refractivity contribution in [3.63, 3.8) is 0 Å². The number of aromatic nitrogens is 5. The molecule has 3 rings (SSSR count). The second kappa shape index (κ2) is 8.22. The van der Waals surface area contributed by atoms with E-state index in [2.05, 4.69) is 25.8 Å². The van der Waals surface area contributed by atoms with Crippen molar-refractivity contribution in [3.8, 4) is 16.9 Å². The number of rotatable bonds is 6. The van der Waals surface area contributed by atoms with E-state index in [4.69, 9.17) is 0 Å². The van der Waals surface area contributed by atoms with Crippen LogP contribution in [0.5, 0.6) is 0 Å². The molecule has 0 aliphatic rings. The first kappa shape index (κ1) is 19.6. The van der Waals surface area contributed by atoms with E-state index in [1.807, 2.05) is 6.92 Å². The Kier molecular flexibility index (Phi) is 5.74. The van der Waals surface area contributed by atoms with Gasteiger partial charge in [0.05, 0.1) is 12.3 Å². The summed E-state index contributed by atoms with van der Waals surface area (Å²) in [5.74, 6) is -0.285. The molecule has 3 aromatic rings. The lowest BCUT2D eigenvalue weighted by Gasteiger charge is -2.14. The molecule has 2 aromatic heterocycles. The molecule has 1 amide bonds. The molecule has 0 radical (unpaired) electrons. The fourth-order valence-corrected chi connectivity index (χ4v) is 2.73. The second-order valence-electron chi connectivity index (χ2n) is 6.53. The number of nitrogens with zero attached hydrogens (tertiary/aromatic N) is 5. The third-order valence-corrected chi connectivity index (χ3v) is 4.18. The van der Waals surface area contributed by atoms with Crippen LogP contribution in [0.2, 0.25) is 0 Å². The van der Waals surface area contributed by atoms with Gasteiger partial charge in [-0.15, -0.1) is 5.10 Å². The number of aliphatic hydroxyl groups is 1. The number of aliphatic hydroxyl groups excluding tert-OH is 1. The Labute approximate surface area is 161 Å². The summed E-state index contributed by atoms with van der Waals surface area (Å²) in [5, 5.41) is 23.5. The van der Waals surface area contributed by atoms with Gasteiger partial charge < -0.3 is 10.4 Å². The van der Waals surface area contributed by atoms with Gasteiger partial charge in [-0.2, -0.15) is 4.68 Å². The van der Waals surface area contributed by atoms with Crippen LogP contribution >= 0.6 is 0 Å². The summed E-state index contributed by atoms with van der Waals surface area (Å²) in [5.41, 5.74) is 2.05. The number of hydrogen-bond acceptors (Lipinski definition) is 6. The third-order valence-electron chi connectivity index (χ3n) is 4.18. The summed E-state index contributed by atoms with van der Waals surface area (Å²) >= 11 is 0. The molecule has 28 heavy (non-hydrogen) atoms. The van der Waals surface area contributed by atoms with Gasteiger partial charge in [0.25, 0.3) is 5.91 Å². The van der Waals surface area contributed by atoms with E-state index in [0.29, 0.717) is 29.1 Å². The fourth-order valence-electron chi connectivity index (χ4n) is 2.73. The second-order valence-corrected chi connectivity index (χ2v) is 6.53. The van der Waals surface area contributed by atoms with Gasteiger partial charge in [-0.25, -0.2) is 4.39 Å². The Morgan fingerprint density at radius 2 is 2.11 bits per heavy atom. The molecule has 2 heterocycles. The maximum absolute atomic E-state index is 14.5. The minimum atomic E-state index is -0.486. The molecule has 8 nitrogen and oxygen atoms in total. The van der Waals surface area contributed by atoms with Crippen molar-refractivity contribution in [1.82, 2.24) is 30.5 Å². The number of tetrazole rings is 1. The molecule has 9 heteroatoms. The molecular formula is C19H21FN6O2. The van der Waals surface area contributed by atoms with Crippen molar-refractivity contribution >= 4 is 5.91 Å². The average Bonchev–Trinajstić information content (AvgIpc) is 3.16. The number of halogens is 1. The largest absolute Gasteiger partial charge is 0.394 e. The lowest BCUT2D eigenvalue weighted by Crippen LogP contribution is -2.35. The van der Waals surface area contributed by atoms with Gasteiger partial charge in [0, 0.05) is 29.8 Å². The molecule has 1 atom stereocenters. The maximum atomic E-state index is 14.5. The summed E-state index contributed by atoms with van der Waals surface area (Å²) < 4.78 is 16.0. The highest BCUT2D eigenvalue weighted by Gasteiger charge is 2.17. The first-order chi connectivity index (χ1) is 13.4. The van der Waals surface area contributed by atoms with E-state index >= 15 is 0 Å². The molecule has 2 N–H and O–H groups in total. The zero-order valence-electron chi connectivity index (χ0n) is 15.8. The maximum Gasteiger partial charge on any atom is 0.251 e. The smallest absolute Gasteiger partial charge is 0.251 e. The van der Waals surface area contributed by atoms with Crippen LogP contribution in [0.4, 0.5) is 4.39 Å². The summed E-state index contributed by atoms with van der Waals surface area (Å²) in [6.07, 6.45) is 2.14. The highest BCUT2D eigenvalue weighted by molar-refractivity contribution is 5.96. The number of pyridine rings is 1. The quantitative estimate of drug-likeness (QED) is 0.672. The van der Waals surface area contributed by atoms with E-state index in [1.165, 1.54) is 10.7 Å². The van der Waals surface area contributed by atoms with Crippen molar-refractivity contribution in [2.75, 3.05) is 6.61 Å². The van der Waals surface area contributed by atoms with Crippen LogP contribution in [0.15, 0.2) is 30.5 Å². The normalized spacial score (nSPS) is 12.0. The van der Waals surface area contributed by atoms with Crippen molar-refractivity contribution in [3.05, 3.63) is 53.2 Å². The lowest BCUT2D eigenvalue weighted by molar-refractivity contribution is 0.0922. The summed E-state index contributed by atoms with van der Waals surface area (Å²) in [6.45, 7) is 5.14. The summed E-state index contributed by atoms with van der Waals surface area (Å²) in [7, 11) is 0. The third kappa shape index (κ3) is 4.04. The SMILES string of the molecule is CCc1nnnn1-c1cc(C(=O)N[C@@H](C)CO)cc(-c2ncc(C)cc2F)c1. The van der Waals surface area contributed by atoms with Crippen LogP contribution < -0.4 is 5.32 Å². The minimum Gasteiger partial charge on any atom is -0.394 e. The monoisotopic (exact) mass is 384 g/mol. The molecule has 0 saturated carbocycles. The van der Waals surface area contributed by atoms with Gasteiger partial charge in [0.15, 0.2) is 5.82 Å². The molecule has 0 fully saturated rings. The Balaban J connectivity index is 2.15. The molecule has 0 aliphatic heterocycles. The van der Waals surface area contributed by atoms with Gasteiger partial charge in [-0.3, -0.25) is 9.78 Å². The van der Waals surface area contributed by atoms with E-state index in [1.54, 1.807) is 38.2 Å². The highest BCUT2D eigenvalue weighted by Crippen LogP contribution is 2.26. The van der Waals surface area contributed by atoms with Gasteiger partial charge in [0.1, 0.15) is 11.5 Å². The number of carbonyl (C=O) groups is 1. The number of aryl methyl sites for hydroxylation is 2. The van der Waals surface area contributed by atoms with Crippen LogP contribution in [-0.2, 0) is 6.42 Å². The summed E-state index contributed by atoms with van der Waals surface area (Å²) in [6, 6.07) is 5.82. The Hall–Kier alpha value is -3.20. The standard InChI is InChI=1S/C19H21FN6O2/c1-4-17-23-24-25-26(17)15-7-13(18-16(20)5-11(2)9-21-18)6-14(8-15)19(28)22-12(3)10-27/h5-9,12,27H,4,10H2,1-3H3,(H,22,28)/t12-/m0/s1. The van der Waals surface area contributed by atoms with Crippen molar-refractivity contribution < 1.29 is 14.3 Å². The number of hydrogen-bond donors (Lipinski definition) is 2. The van der Waals surface area contributed by atoms with Crippen molar-refractivity contribution in [2.24, 2.45) is 0 Å². The van der Waals surface area contributed by atoms with E-state index < -0.39 is 17.8 Å². The number of nitrogens with one attached hydrogen (secondary N) is 1. The lowest BCUT2D eigenvalue weighted by atomic mass is 10.0. The Morgan fingerprint density at radius 3 is 2.79 bits per heavy atom. The zero-order valence-corrected chi connectivity index (χ0v) is 15.8. The molecule has 0 bridgehead atoms. The molecule has 0 spiro atoms. The van der Waals surface area contributed by atoms with Crippen molar-refractivity contribution in [2.45, 2.75) is 33.2 Å². The van der Waals surface area contributed by atoms with E-state index in [-0.39, 0.29) is 17.9 Å². The van der Waals surface area contributed by atoms with Crippen LogP contribution in [-0.4, -0.2) is 48.9 Å². The number of amides is 1. The van der Waals surface area contributed by atoms with Gasteiger partial charge in [0.2, 0.25) is 0 Å². The number of benzene rings is 1. The van der Waals surface area contributed by atoms with E-state index in [9.17, 15) is 14.3 Å². The predicted octanol–water partition coefficient (Wildman–Crippen LogP) is 1.84. The topological polar surface area (TPSA) is 106 Å². The summed E-state index contributed by atoms with van der Waals surface area (Å²) in [4.78, 5) is 16.8. The van der Waals surface area contributed by atoms with Gasteiger partial charge >= 0.3 is 0 Å². The number of carbonyl (C=O) groups excluding carboxylic acids is 1. The first-order valence-electron chi connectivity index (χ1n) is 8.89. The fraction of sp³-hybridized carbons (Fsp3) is 0.316. The van der Waals surface area contributed by atoms with E-state index in [0.717, 1.165) is 0 Å². The minimum absolute atomic E-state index is 0.128. The molecule has 0 aliphatic carbocycles.